The minimum absolute atomic E-state index is 0.543. The SMILES string of the molecule is NCc1cc2cn[nH]c2cc1Br. The molecule has 0 aliphatic carbocycles. The van der Waals surface area contributed by atoms with Gasteiger partial charge in [0.2, 0.25) is 0 Å². The van der Waals surface area contributed by atoms with E-state index in [0.29, 0.717) is 6.54 Å². The fraction of sp³-hybridized carbons (Fsp3) is 0.125. The van der Waals surface area contributed by atoms with Crippen LogP contribution in [0.25, 0.3) is 10.9 Å². The fourth-order valence-electron chi connectivity index (χ4n) is 1.17. The molecule has 0 amide bonds. The molecule has 0 radical (unpaired) electrons. The number of fused-ring (bicyclic) bond motifs is 1. The predicted molar refractivity (Wildman–Crippen MR) is 51.7 cm³/mol. The van der Waals surface area contributed by atoms with Gasteiger partial charge in [0.25, 0.3) is 0 Å². The van der Waals surface area contributed by atoms with Crippen molar-refractivity contribution in [1.29, 1.82) is 0 Å². The highest BCUT2D eigenvalue weighted by Gasteiger charge is 2.01. The molecule has 0 unspecified atom stereocenters. The Morgan fingerprint density at radius 1 is 1.50 bits per heavy atom. The lowest BCUT2D eigenvalue weighted by molar-refractivity contribution is 1.07. The molecular formula is C8H8BrN3. The molecule has 0 bridgehead atoms. The number of rotatable bonds is 1. The molecular weight excluding hydrogens is 218 g/mol. The molecule has 0 fully saturated rings. The molecule has 3 nitrogen and oxygen atoms in total. The summed E-state index contributed by atoms with van der Waals surface area (Å²) in [4.78, 5) is 0. The highest BCUT2D eigenvalue weighted by atomic mass is 79.9. The topological polar surface area (TPSA) is 54.7 Å². The molecule has 1 heterocycles. The Balaban J connectivity index is 2.73. The molecule has 0 spiro atoms. The summed E-state index contributed by atoms with van der Waals surface area (Å²) in [5.74, 6) is 0. The zero-order valence-electron chi connectivity index (χ0n) is 6.34. The predicted octanol–water partition coefficient (Wildman–Crippen LogP) is 1.78. The van der Waals surface area contributed by atoms with E-state index < -0.39 is 0 Å². The Hall–Kier alpha value is -0.870. The van der Waals surface area contributed by atoms with E-state index in [4.69, 9.17) is 5.73 Å². The number of aromatic amines is 1. The molecule has 4 heteroatoms. The summed E-state index contributed by atoms with van der Waals surface area (Å²) in [6.45, 7) is 0.543. The highest BCUT2D eigenvalue weighted by Crippen LogP contribution is 2.22. The zero-order valence-corrected chi connectivity index (χ0v) is 7.93. The van der Waals surface area contributed by atoms with Crippen LogP contribution in [0.3, 0.4) is 0 Å². The number of hydrogen-bond donors (Lipinski definition) is 2. The van der Waals surface area contributed by atoms with Crippen molar-refractivity contribution in [2.75, 3.05) is 0 Å². The van der Waals surface area contributed by atoms with E-state index in [1.165, 1.54) is 0 Å². The lowest BCUT2D eigenvalue weighted by Crippen LogP contribution is -1.96. The van der Waals surface area contributed by atoms with Crippen LogP contribution in [0.4, 0.5) is 0 Å². The van der Waals surface area contributed by atoms with Crippen molar-refractivity contribution >= 4 is 26.8 Å². The summed E-state index contributed by atoms with van der Waals surface area (Å²) in [5, 5.41) is 7.92. The van der Waals surface area contributed by atoms with Gasteiger partial charge in [-0.1, -0.05) is 15.9 Å². The molecule has 1 aromatic carbocycles. The quantitative estimate of drug-likeness (QED) is 0.778. The normalized spacial score (nSPS) is 10.8. The number of hydrogen-bond acceptors (Lipinski definition) is 2. The first kappa shape index (κ1) is 7.76. The second-order valence-corrected chi connectivity index (χ2v) is 3.46. The van der Waals surface area contributed by atoms with Gasteiger partial charge in [0.15, 0.2) is 0 Å². The van der Waals surface area contributed by atoms with Crippen LogP contribution in [0.1, 0.15) is 5.56 Å². The van der Waals surface area contributed by atoms with Crippen LogP contribution in [-0.4, -0.2) is 10.2 Å². The monoisotopic (exact) mass is 225 g/mol. The molecule has 3 N–H and O–H groups in total. The fourth-order valence-corrected chi connectivity index (χ4v) is 1.67. The number of nitrogens with one attached hydrogen (secondary N) is 1. The average molecular weight is 226 g/mol. The summed E-state index contributed by atoms with van der Waals surface area (Å²) >= 11 is 3.43. The van der Waals surface area contributed by atoms with Gasteiger partial charge in [-0.15, -0.1) is 0 Å². The van der Waals surface area contributed by atoms with Gasteiger partial charge in [0.1, 0.15) is 0 Å². The van der Waals surface area contributed by atoms with E-state index in [-0.39, 0.29) is 0 Å². The smallest absolute Gasteiger partial charge is 0.0661 e. The van der Waals surface area contributed by atoms with Crippen molar-refractivity contribution in [3.8, 4) is 0 Å². The van der Waals surface area contributed by atoms with Crippen LogP contribution < -0.4 is 5.73 Å². The second-order valence-electron chi connectivity index (χ2n) is 2.60. The number of halogens is 1. The standard InChI is InChI=1S/C8H8BrN3/c9-7-2-8-6(4-11-12-8)1-5(7)3-10/h1-2,4H,3,10H2,(H,11,12). The van der Waals surface area contributed by atoms with Gasteiger partial charge in [-0.25, -0.2) is 0 Å². The molecule has 0 aliphatic heterocycles. The van der Waals surface area contributed by atoms with Crippen molar-refractivity contribution in [1.82, 2.24) is 10.2 Å². The Morgan fingerprint density at radius 2 is 2.33 bits per heavy atom. The number of nitrogens with two attached hydrogens (primary N) is 1. The number of aromatic nitrogens is 2. The van der Waals surface area contributed by atoms with Crippen LogP contribution in [0.15, 0.2) is 22.8 Å². The van der Waals surface area contributed by atoms with Crippen LogP contribution in [0.5, 0.6) is 0 Å². The van der Waals surface area contributed by atoms with E-state index in [0.717, 1.165) is 20.9 Å². The average Bonchev–Trinajstić information content (AvgIpc) is 2.49. The molecule has 0 saturated carbocycles. The second kappa shape index (κ2) is 2.88. The summed E-state index contributed by atoms with van der Waals surface area (Å²) in [5.41, 5.74) is 7.68. The largest absolute Gasteiger partial charge is 0.326 e. The van der Waals surface area contributed by atoms with Crippen LogP contribution in [-0.2, 0) is 6.54 Å². The lowest BCUT2D eigenvalue weighted by Gasteiger charge is -1.99. The minimum Gasteiger partial charge on any atom is -0.326 e. The van der Waals surface area contributed by atoms with Gasteiger partial charge in [-0.05, 0) is 17.7 Å². The van der Waals surface area contributed by atoms with Crippen molar-refractivity contribution in [3.05, 3.63) is 28.4 Å². The summed E-state index contributed by atoms with van der Waals surface area (Å²) in [6.07, 6.45) is 1.79. The summed E-state index contributed by atoms with van der Waals surface area (Å²) in [7, 11) is 0. The first-order valence-corrected chi connectivity index (χ1v) is 4.42. The molecule has 2 aromatic rings. The van der Waals surface area contributed by atoms with Gasteiger partial charge < -0.3 is 5.73 Å². The molecule has 0 aliphatic rings. The summed E-state index contributed by atoms with van der Waals surface area (Å²) in [6, 6.07) is 4.02. The minimum atomic E-state index is 0.543. The molecule has 0 atom stereocenters. The van der Waals surface area contributed by atoms with Gasteiger partial charge in [0.05, 0.1) is 11.7 Å². The van der Waals surface area contributed by atoms with Crippen molar-refractivity contribution in [2.45, 2.75) is 6.54 Å². The third kappa shape index (κ3) is 1.13. The highest BCUT2D eigenvalue weighted by molar-refractivity contribution is 9.10. The van der Waals surface area contributed by atoms with Crippen LogP contribution >= 0.6 is 15.9 Å². The molecule has 2 rings (SSSR count). The first-order valence-electron chi connectivity index (χ1n) is 3.63. The molecule has 12 heavy (non-hydrogen) atoms. The zero-order chi connectivity index (χ0) is 8.55. The van der Waals surface area contributed by atoms with Gasteiger partial charge in [-0.3, -0.25) is 5.10 Å². The molecule has 62 valence electrons. The van der Waals surface area contributed by atoms with E-state index in [9.17, 15) is 0 Å². The van der Waals surface area contributed by atoms with Crippen molar-refractivity contribution < 1.29 is 0 Å². The van der Waals surface area contributed by atoms with Gasteiger partial charge >= 0.3 is 0 Å². The van der Waals surface area contributed by atoms with E-state index in [2.05, 4.69) is 26.1 Å². The maximum absolute atomic E-state index is 5.55. The lowest BCUT2D eigenvalue weighted by atomic mass is 10.2. The Bertz CT molecular complexity index is 408. The third-order valence-corrected chi connectivity index (χ3v) is 2.57. The van der Waals surface area contributed by atoms with Gasteiger partial charge in [0, 0.05) is 16.4 Å². The third-order valence-electron chi connectivity index (χ3n) is 1.83. The molecule has 1 aromatic heterocycles. The first-order chi connectivity index (χ1) is 5.81. The van der Waals surface area contributed by atoms with Crippen molar-refractivity contribution in [3.63, 3.8) is 0 Å². The Kier molecular flexibility index (Phi) is 1.86. The molecule has 0 saturated heterocycles. The Morgan fingerprint density at radius 3 is 3.08 bits per heavy atom. The number of benzene rings is 1. The van der Waals surface area contributed by atoms with Gasteiger partial charge in [-0.2, -0.15) is 5.10 Å². The summed E-state index contributed by atoms with van der Waals surface area (Å²) < 4.78 is 1.03. The van der Waals surface area contributed by atoms with E-state index in [1.807, 2.05) is 12.1 Å². The number of H-pyrrole nitrogens is 1. The van der Waals surface area contributed by atoms with E-state index in [1.54, 1.807) is 6.20 Å². The van der Waals surface area contributed by atoms with E-state index >= 15 is 0 Å². The van der Waals surface area contributed by atoms with Crippen LogP contribution in [0.2, 0.25) is 0 Å². The maximum atomic E-state index is 5.55. The van der Waals surface area contributed by atoms with Crippen molar-refractivity contribution in [2.24, 2.45) is 5.73 Å². The maximum Gasteiger partial charge on any atom is 0.0661 e. The Labute approximate surface area is 78.1 Å². The van der Waals surface area contributed by atoms with Crippen LogP contribution in [0, 0.1) is 0 Å². The number of nitrogens with zero attached hydrogens (tertiary/aromatic N) is 1.